The average Bonchev–Trinajstić information content (AvgIpc) is 2.79. The van der Waals surface area contributed by atoms with E-state index in [1.165, 1.54) is 25.9 Å². The van der Waals surface area contributed by atoms with E-state index in [4.69, 9.17) is 0 Å². The summed E-state index contributed by atoms with van der Waals surface area (Å²) in [6.45, 7) is 14.1. The first-order valence-corrected chi connectivity index (χ1v) is 11.5. The van der Waals surface area contributed by atoms with E-state index in [2.05, 4.69) is 38.5 Å². The maximum atomic E-state index is 12.9. The van der Waals surface area contributed by atoms with Gasteiger partial charge in [-0.1, -0.05) is 13.8 Å². The Morgan fingerprint density at radius 1 is 0.931 bits per heavy atom. The molecule has 1 aromatic heterocycles. The van der Waals surface area contributed by atoms with Crippen molar-refractivity contribution in [2.24, 2.45) is 5.92 Å². The molecule has 1 amide bonds. The van der Waals surface area contributed by atoms with Crippen molar-refractivity contribution in [1.29, 1.82) is 0 Å². The number of aromatic nitrogens is 2. The van der Waals surface area contributed by atoms with Gasteiger partial charge in [-0.25, -0.2) is 9.97 Å². The molecule has 0 atom stereocenters. The zero-order valence-electron chi connectivity index (χ0n) is 18.1. The number of piperidine rings is 2. The molecule has 3 saturated heterocycles. The molecule has 3 fully saturated rings. The van der Waals surface area contributed by atoms with Crippen molar-refractivity contribution < 1.29 is 4.79 Å². The molecule has 4 rings (SSSR count). The fourth-order valence-electron chi connectivity index (χ4n) is 4.86. The van der Waals surface area contributed by atoms with Crippen molar-refractivity contribution in [3.63, 3.8) is 0 Å². The van der Waals surface area contributed by atoms with Crippen LogP contribution in [0.3, 0.4) is 0 Å². The predicted octanol–water partition coefficient (Wildman–Crippen LogP) is 1.95. The standard InChI is InChI=1S/C22H36N6O/c1-3-25-12-14-26(15-13-25)20-6-10-27(11-7-20)21(29)19-16-23-22(24-17-19)28-8-4-18(2)5-9-28/h16-18,20H,3-15H2,1-2H3. The number of hydrogen-bond acceptors (Lipinski definition) is 6. The first-order valence-electron chi connectivity index (χ1n) is 11.5. The highest BCUT2D eigenvalue weighted by molar-refractivity contribution is 5.93. The highest BCUT2D eigenvalue weighted by Crippen LogP contribution is 2.22. The number of anilines is 1. The maximum Gasteiger partial charge on any atom is 0.256 e. The molecule has 0 spiro atoms. The fourth-order valence-corrected chi connectivity index (χ4v) is 4.86. The van der Waals surface area contributed by atoms with Crippen LogP contribution in [-0.2, 0) is 0 Å². The number of piperazine rings is 1. The lowest BCUT2D eigenvalue weighted by atomic mass is 10.00. The second-order valence-electron chi connectivity index (χ2n) is 8.93. The zero-order valence-corrected chi connectivity index (χ0v) is 18.1. The van der Waals surface area contributed by atoms with Crippen LogP contribution in [-0.4, -0.2) is 95.5 Å². The van der Waals surface area contributed by atoms with Gasteiger partial charge in [0.2, 0.25) is 5.95 Å². The van der Waals surface area contributed by atoms with E-state index < -0.39 is 0 Å². The van der Waals surface area contributed by atoms with Crippen molar-refractivity contribution in [2.75, 3.05) is 63.8 Å². The fraction of sp³-hybridized carbons (Fsp3) is 0.773. The first kappa shape index (κ1) is 20.5. The molecule has 3 aliphatic rings. The summed E-state index contributed by atoms with van der Waals surface area (Å²) in [5.74, 6) is 1.63. The minimum atomic E-state index is 0.0815. The minimum absolute atomic E-state index is 0.0815. The van der Waals surface area contributed by atoms with Crippen molar-refractivity contribution in [2.45, 2.75) is 45.6 Å². The lowest BCUT2D eigenvalue weighted by Crippen LogP contribution is -2.53. The highest BCUT2D eigenvalue weighted by Gasteiger charge is 2.29. The lowest BCUT2D eigenvalue weighted by molar-refractivity contribution is 0.0489. The largest absolute Gasteiger partial charge is 0.341 e. The third-order valence-electron chi connectivity index (χ3n) is 7.07. The first-order chi connectivity index (χ1) is 14.1. The third-order valence-corrected chi connectivity index (χ3v) is 7.07. The second kappa shape index (κ2) is 9.39. The Labute approximate surface area is 175 Å². The Bertz CT molecular complexity index is 656. The molecule has 160 valence electrons. The molecule has 7 heteroatoms. The molecule has 0 aromatic carbocycles. The number of likely N-dealkylation sites (tertiary alicyclic amines) is 1. The quantitative estimate of drug-likeness (QED) is 0.770. The summed E-state index contributed by atoms with van der Waals surface area (Å²) in [4.78, 5) is 31.3. The highest BCUT2D eigenvalue weighted by atomic mass is 16.2. The number of carbonyl (C=O) groups is 1. The topological polar surface area (TPSA) is 55.8 Å². The molecule has 0 bridgehead atoms. The van der Waals surface area contributed by atoms with Gasteiger partial charge in [0.1, 0.15) is 0 Å². The summed E-state index contributed by atoms with van der Waals surface area (Å²) in [5, 5.41) is 0. The van der Waals surface area contributed by atoms with Gasteiger partial charge in [0.25, 0.3) is 5.91 Å². The molecule has 29 heavy (non-hydrogen) atoms. The van der Waals surface area contributed by atoms with Crippen LogP contribution in [0.5, 0.6) is 0 Å². The summed E-state index contributed by atoms with van der Waals surface area (Å²) < 4.78 is 0. The van der Waals surface area contributed by atoms with E-state index in [0.29, 0.717) is 11.6 Å². The van der Waals surface area contributed by atoms with Gasteiger partial charge < -0.3 is 14.7 Å². The molecule has 0 N–H and O–H groups in total. The smallest absolute Gasteiger partial charge is 0.256 e. The molecule has 7 nitrogen and oxygen atoms in total. The minimum Gasteiger partial charge on any atom is -0.341 e. The lowest BCUT2D eigenvalue weighted by Gasteiger charge is -2.42. The van der Waals surface area contributed by atoms with Crippen molar-refractivity contribution in [3.05, 3.63) is 18.0 Å². The molecule has 0 saturated carbocycles. The normalized spacial score (nSPS) is 23.5. The summed E-state index contributed by atoms with van der Waals surface area (Å²) in [6.07, 6.45) is 7.96. The van der Waals surface area contributed by atoms with Crippen molar-refractivity contribution in [1.82, 2.24) is 24.7 Å². The number of likely N-dealkylation sites (N-methyl/N-ethyl adjacent to an activating group) is 1. The number of nitrogens with zero attached hydrogens (tertiary/aromatic N) is 6. The Hall–Kier alpha value is -1.73. The molecule has 0 aliphatic carbocycles. The van der Waals surface area contributed by atoms with Gasteiger partial charge in [-0.05, 0) is 38.1 Å². The Kier molecular flexibility index (Phi) is 6.65. The van der Waals surface area contributed by atoms with Gasteiger partial charge in [0.15, 0.2) is 0 Å². The molecule has 4 heterocycles. The van der Waals surface area contributed by atoms with Crippen LogP contribution in [0.1, 0.15) is 49.9 Å². The monoisotopic (exact) mass is 400 g/mol. The van der Waals surface area contributed by atoms with Gasteiger partial charge >= 0.3 is 0 Å². The SMILES string of the molecule is CCN1CCN(C2CCN(C(=O)c3cnc(N4CCC(C)CC4)nc3)CC2)CC1. The van der Waals surface area contributed by atoms with Crippen molar-refractivity contribution >= 4 is 11.9 Å². The molecule has 3 aliphatic heterocycles. The summed E-state index contributed by atoms with van der Waals surface area (Å²) in [6, 6.07) is 0.623. The van der Waals surface area contributed by atoms with Crippen LogP contribution < -0.4 is 4.90 Å². The van der Waals surface area contributed by atoms with Gasteiger partial charge in [-0.15, -0.1) is 0 Å². The predicted molar refractivity (Wildman–Crippen MR) is 115 cm³/mol. The van der Waals surface area contributed by atoms with Gasteiger partial charge in [-0.2, -0.15) is 0 Å². The summed E-state index contributed by atoms with van der Waals surface area (Å²) >= 11 is 0. The van der Waals surface area contributed by atoms with E-state index in [1.807, 2.05) is 4.90 Å². The molecular formula is C22H36N6O. The van der Waals surface area contributed by atoms with E-state index >= 15 is 0 Å². The van der Waals surface area contributed by atoms with Crippen LogP contribution >= 0.6 is 0 Å². The second-order valence-corrected chi connectivity index (χ2v) is 8.93. The van der Waals surface area contributed by atoms with E-state index in [1.54, 1.807) is 12.4 Å². The van der Waals surface area contributed by atoms with Crippen LogP contribution in [0, 0.1) is 5.92 Å². The number of amides is 1. The zero-order chi connectivity index (χ0) is 20.2. The van der Waals surface area contributed by atoms with E-state index in [0.717, 1.165) is 70.5 Å². The summed E-state index contributed by atoms with van der Waals surface area (Å²) in [7, 11) is 0. The Balaban J connectivity index is 1.27. The van der Waals surface area contributed by atoms with Crippen LogP contribution in [0.25, 0.3) is 0 Å². The van der Waals surface area contributed by atoms with Crippen LogP contribution in [0.15, 0.2) is 12.4 Å². The van der Waals surface area contributed by atoms with E-state index in [-0.39, 0.29) is 5.91 Å². The molecule has 0 radical (unpaired) electrons. The molecular weight excluding hydrogens is 364 g/mol. The van der Waals surface area contributed by atoms with E-state index in [9.17, 15) is 4.79 Å². The molecule has 1 aromatic rings. The summed E-state index contributed by atoms with van der Waals surface area (Å²) in [5.41, 5.74) is 0.620. The average molecular weight is 401 g/mol. The Morgan fingerprint density at radius 2 is 1.55 bits per heavy atom. The number of hydrogen-bond donors (Lipinski definition) is 0. The van der Waals surface area contributed by atoms with Gasteiger partial charge in [0, 0.05) is 70.8 Å². The Morgan fingerprint density at radius 3 is 2.14 bits per heavy atom. The van der Waals surface area contributed by atoms with Crippen LogP contribution in [0.4, 0.5) is 5.95 Å². The van der Waals surface area contributed by atoms with Crippen LogP contribution in [0.2, 0.25) is 0 Å². The number of carbonyl (C=O) groups excluding carboxylic acids is 1. The third kappa shape index (κ3) is 4.89. The van der Waals surface area contributed by atoms with Gasteiger partial charge in [-0.3, -0.25) is 9.69 Å². The number of rotatable bonds is 4. The van der Waals surface area contributed by atoms with Gasteiger partial charge in [0.05, 0.1) is 5.56 Å². The maximum absolute atomic E-state index is 12.9. The van der Waals surface area contributed by atoms with Crippen molar-refractivity contribution in [3.8, 4) is 0 Å². The molecule has 0 unspecified atom stereocenters.